The van der Waals surface area contributed by atoms with E-state index < -0.39 is 28.7 Å². The summed E-state index contributed by atoms with van der Waals surface area (Å²) in [5, 5.41) is 5.73. The minimum atomic E-state index is -4.68. The molecule has 30 heavy (non-hydrogen) atoms. The molecule has 2 aliphatic rings. The Hall–Kier alpha value is -1.47. The van der Waals surface area contributed by atoms with Gasteiger partial charge in [-0.15, -0.1) is 12.4 Å². The third-order valence-corrected chi connectivity index (χ3v) is 6.66. The van der Waals surface area contributed by atoms with E-state index >= 15 is 0 Å². The molecule has 2 aromatic carbocycles. The zero-order valence-corrected chi connectivity index (χ0v) is 18.1. The van der Waals surface area contributed by atoms with Gasteiger partial charge >= 0.3 is 6.18 Å². The first-order valence-corrected chi connectivity index (χ1v) is 10.2. The van der Waals surface area contributed by atoms with E-state index in [0.29, 0.717) is 6.04 Å². The molecule has 162 valence electrons. The third-order valence-electron chi connectivity index (χ3n) is 5.95. The van der Waals surface area contributed by atoms with Gasteiger partial charge in [-0.25, -0.2) is 0 Å². The number of carbonyl (C=O) groups excluding carboxylic acids is 1. The maximum absolute atomic E-state index is 13.2. The van der Waals surface area contributed by atoms with Crippen molar-refractivity contribution < 1.29 is 18.0 Å². The Balaban J connectivity index is 0.00000256. The van der Waals surface area contributed by atoms with Crippen LogP contribution in [0.3, 0.4) is 0 Å². The van der Waals surface area contributed by atoms with Crippen molar-refractivity contribution >= 4 is 41.5 Å². The monoisotopic (exact) mass is 478 g/mol. The average Bonchev–Trinajstić information content (AvgIpc) is 3.28. The van der Waals surface area contributed by atoms with Gasteiger partial charge < -0.3 is 10.6 Å². The molecule has 1 amide bonds. The summed E-state index contributed by atoms with van der Waals surface area (Å²) in [5.41, 5.74) is -0.881. The van der Waals surface area contributed by atoms with Gasteiger partial charge in [0.2, 0.25) is 0 Å². The molecular formula is C21H20Cl3F3N2O. The quantitative estimate of drug-likeness (QED) is 0.549. The second-order valence-corrected chi connectivity index (χ2v) is 8.46. The number of amides is 1. The summed E-state index contributed by atoms with van der Waals surface area (Å²) in [5.74, 6) is -0.716. The molecule has 2 heterocycles. The molecule has 0 aromatic heterocycles. The van der Waals surface area contributed by atoms with Crippen LogP contribution in [0.2, 0.25) is 10.0 Å². The standard InChI is InChI=1S/C21H19Cl2F3N2O.ClH/c22-15-7-6-14(21(24,25)26)17(23)16(15)19(29)27-18(12-4-2-1-3-5-12)20-10-8-13(28-20)9-11-20;/h1-7,13,18,28H,8-11H2,(H,27,29);1H. The van der Waals surface area contributed by atoms with Crippen molar-refractivity contribution in [3.63, 3.8) is 0 Å². The van der Waals surface area contributed by atoms with Gasteiger partial charge in [0, 0.05) is 11.6 Å². The van der Waals surface area contributed by atoms with Gasteiger partial charge in [0.25, 0.3) is 5.91 Å². The molecule has 1 atom stereocenters. The number of halogens is 6. The molecule has 0 radical (unpaired) electrons. The van der Waals surface area contributed by atoms with Crippen LogP contribution >= 0.6 is 35.6 Å². The topological polar surface area (TPSA) is 41.1 Å². The maximum atomic E-state index is 13.2. The van der Waals surface area contributed by atoms with Crippen molar-refractivity contribution in [2.24, 2.45) is 0 Å². The number of carbonyl (C=O) groups is 1. The first-order chi connectivity index (χ1) is 13.7. The second kappa shape index (κ2) is 8.58. The Morgan fingerprint density at radius 2 is 1.73 bits per heavy atom. The van der Waals surface area contributed by atoms with Crippen molar-refractivity contribution in [3.05, 3.63) is 69.2 Å². The summed E-state index contributed by atoms with van der Waals surface area (Å²) in [6.07, 6.45) is -0.919. The van der Waals surface area contributed by atoms with Crippen molar-refractivity contribution in [2.45, 2.75) is 49.5 Å². The Morgan fingerprint density at radius 3 is 2.27 bits per heavy atom. The Kier molecular flexibility index (Phi) is 6.63. The fourth-order valence-corrected chi connectivity index (χ4v) is 5.22. The number of alkyl halides is 3. The normalized spacial score (nSPS) is 23.7. The minimum Gasteiger partial charge on any atom is -0.343 e. The van der Waals surface area contributed by atoms with Crippen LogP contribution in [0.25, 0.3) is 0 Å². The number of hydrogen-bond acceptors (Lipinski definition) is 2. The first kappa shape index (κ1) is 23.2. The van der Waals surface area contributed by atoms with Crippen molar-refractivity contribution in [1.29, 1.82) is 0 Å². The number of benzene rings is 2. The Bertz CT molecular complexity index is 929. The lowest BCUT2D eigenvalue weighted by molar-refractivity contribution is -0.137. The highest BCUT2D eigenvalue weighted by Gasteiger charge is 2.50. The molecular weight excluding hydrogens is 460 g/mol. The fraction of sp³-hybridized carbons (Fsp3) is 0.381. The van der Waals surface area contributed by atoms with Crippen LogP contribution in [0.1, 0.15) is 53.2 Å². The van der Waals surface area contributed by atoms with Gasteiger partial charge in [-0.3, -0.25) is 4.79 Å². The predicted octanol–water partition coefficient (Wildman–Crippen LogP) is 6.19. The van der Waals surface area contributed by atoms with Crippen LogP contribution in [-0.4, -0.2) is 17.5 Å². The van der Waals surface area contributed by atoms with E-state index in [9.17, 15) is 18.0 Å². The lowest BCUT2D eigenvalue weighted by Crippen LogP contribution is -2.50. The molecule has 9 heteroatoms. The number of hydrogen-bond donors (Lipinski definition) is 2. The van der Waals surface area contributed by atoms with E-state index in [1.807, 2.05) is 30.3 Å². The Morgan fingerprint density at radius 1 is 1.10 bits per heavy atom. The summed E-state index contributed by atoms with van der Waals surface area (Å²) >= 11 is 12.1. The van der Waals surface area contributed by atoms with Crippen molar-refractivity contribution in [1.82, 2.24) is 10.6 Å². The molecule has 3 nitrogen and oxygen atoms in total. The van der Waals surface area contributed by atoms with E-state index in [2.05, 4.69) is 10.6 Å². The van der Waals surface area contributed by atoms with Gasteiger partial charge in [0.05, 0.1) is 27.2 Å². The van der Waals surface area contributed by atoms with Crippen LogP contribution in [0.4, 0.5) is 13.2 Å². The lowest BCUT2D eigenvalue weighted by atomic mass is 9.78. The third kappa shape index (κ3) is 4.15. The molecule has 0 aliphatic carbocycles. The summed E-state index contributed by atoms with van der Waals surface area (Å²) in [6, 6.07) is 11.3. The molecule has 2 bridgehead atoms. The molecule has 1 unspecified atom stereocenters. The second-order valence-electron chi connectivity index (χ2n) is 7.67. The highest BCUT2D eigenvalue weighted by atomic mass is 35.5. The van der Waals surface area contributed by atoms with Crippen LogP contribution in [0, 0.1) is 0 Å². The van der Waals surface area contributed by atoms with Gasteiger partial charge in [0.1, 0.15) is 0 Å². The molecule has 2 N–H and O–H groups in total. The van der Waals surface area contributed by atoms with E-state index in [-0.39, 0.29) is 28.5 Å². The highest BCUT2D eigenvalue weighted by molar-refractivity contribution is 6.40. The summed E-state index contributed by atoms with van der Waals surface area (Å²) < 4.78 is 39.7. The van der Waals surface area contributed by atoms with Gasteiger partial charge in [-0.05, 0) is 43.4 Å². The molecule has 2 aliphatic heterocycles. The Labute approximate surface area is 188 Å². The highest BCUT2D eigenvalue weighted by Crippen LogP contribution is 2.46. The van der Waals surface area contributed by atoms with Crippen molar-refractivity contribution in [3.8, 4) is 0 Å². The lowest BCUT2D eigenvalue weighted by Gasteiger charge is -2.37. The number of fused-ring (bicyclic) bond motifs is 2. The number of rotatable bonds is 4. The molecule has 2 fully saturated rings. The predicted molar refractivity (Wildman–Crippen MR) is 113 cm³/mol. The summed E-state index contributed by atoms with van der Waals surface area (Å²) in [4.78, 5) is 13.1. The molecule has 2 saturated heterocycles. The first-order valence-electron chi connectivity index (χ1n) is 9.40. The number of nitrogens with one attached hydrogen (secondary N) is 2. The largest absolute Gasteiger partial charge is 0.417 e. The van der Waals surface area contributed by atoms with Crippen LogP contribution in [0.15, 0.2) is 42.5 Å². The molecule has 2 aromatic rings. The van der Waals surface area contributed by atoms with E-state index in [4.69, 9.17) is 23.2 Å². The molecule has 4 rings (SSSR count). The zero-order chi connectivity index (χ0) is 20.8. The smallest absolute Gasteiger partial charge is 0.343 e. The van der Waals surface area contributed by atoms with Gasteiger partial charge in [-0.2, -0.15) is 13.2 Å². The van der Waals surface area contributed by atoms with E-state index in [0.717, 1.165) is 43.4 Å². The minimum absolute atomic E-state index is 0. The SMILES string of the molecule is Cl.O=C(NC(c1ccccc1)C12CCC(CC1)N2)c1c(Cl)ccc(C(F)(F)F)c1Cl. The van der Waals surface area contributed by atoms with Gasteiger partial charge in [0.15, 0.2) is 0 Å². The zero-order valence-electron chi connectivity index (χ0n) is 15.7. The summed E-state index contributed by atoms with van der Waals surface area (Å²) in [6.45, 7) is 0. The van der Waals surface area contributed by atoms with E-state index in [1.165, 1.54) is 0 Å². The van der Waals surface area contributed by atoms with Crippen LogP contribution in [0.5, 0.6) is 0 Å². The van der Waals surface area contributed by atoms with Gasteiger partial charge in [-0.1, -0.05) is 53.5 Å². The molecule has 0 spiro atoms. The summed E-state index contributed by atoms with van der Waals surface area (Å²) in [7, 11) is 0. The van der Waals surface area contributed by atoms with Crippen LogP contribution < -0.4 is 10.6 Å². The van der Waals surface area contributed by atoms with E-state index in [1.54, 1.807) is 0 Å². The fourth-order valence-electron chi connectivity index (χ4n) is 4.57. The maximum Gasteiger partial charge on any atom is 0.417 e. The van der Waals surface area contributed by atoms with Crippen LogP contribution in [-0.2, 0) is 6.18 Å². The average molecular weight is 480 g/mol. The van der Waals surface area contributed by atoms with Crippen molar-refractivity contribution in [2.75, 3.05) is 0 Å². The molecule has 0 saturated carbocycles.